The number of likely N-dealkylation sites (N-methyl/N-ethyl adjacent to an activating group) is 1. The van der Waals surface area contributed by atoms with Gasteiger partial charge in [0, 0.05) is 45.3 Å². The van der Waals surface area contributed by atoms with Crippen molar-refractivity contribution >= 4 is 21.4 Å². The van der Waals surface area contributed by atoms with Crippen LogP contribution in [-0.4, -0.2) is 76.5 Å². The molecule has 2 heterocycles. The molecule has 2 aliphatic rings. The lowest BCUT2D eigenvalue weighted by atomic mass is 9.98. The summed E-state index contributed by atoms with van der Waals surface area (Å²) in [5, 5.41) is 11.9. The molecular formula is C22H28N4O6S. The lowest BCUT2D eigenvalue weighted by molar-refractivity contribution is -0.384. The highest BCUT2D eigenvalue weighted by Gasteiger charge is 2.31. The van der Waals surface area contributed by atoms with E-state index in [2.05, 4.69) is 4.90 Å². The van der Waals surface area contributed by atoms with Crippen LogP contribution in [0, 0.1) is 10.1 Å². The molecule has 0 N–H and O–H groups in total. The number of nitro benzene ring substituents is 1. The Kier molecular flexibility index (Phi) is 6.46. The van der Waals surface area contributed by atoms with Gasteiger partial charge in [-0.1, -0.05) is 0 Å². The van der Waals surface area contributed by atoms with Gasteiger partial charge in [-0.15, -0.1) is 0 Å². The summed E-state index contributed by atoms with van der Waals surface area (Å²) in [4.78, 5) is 15.3. The van der Waals surface area contributed by atoms with Crippen molar-refractivity contribution in [3.05, 3.63) is 51.6 Å². The van der Waals surface area contributed by atoms with E-state index in [4.69, 9.17) is 9.47 Å². The Balaban J connectivity index is 1.65. The minimum absolute atomic E-state index is 0.0497. The maximum absolute atomic E-state index is 13.1. The maximum atomic E-state index is 13.1. The Hall–Kier alpha value is -2.89. The predicted molar refractivity (Wildman–Crippen MR) is 124 cm³/mol. The maximum Gasteiger partial charge on any atom is 0.293 e. The quantitative estimate of drug-likeness (QED) is 0.461. The second-order valence-corrected chi connectivity index (χ2v) is 10.2. The van der Waals surface area contributed by atoms with Crippen LogP contribution in [0.2, 0.25) is 0 Å². The number of fused-ring (bicyclic) bond motifs is 1. The minimum Gasteiger partial charge on any atom is -0.493 e. The molecule has 178 valence electrons. The van der Waals surface area contributed by atoms with Gasteiger partial charge in [-0.05, 0) is 48.9 Å². The number of sulfonamides is 1. The Morgan fingerprint density at radius 2 is 1.58 bits per heavy atom. The molecule has 0 amide bonds. The minimum atomic E-state index is -3.80. The Morgan fingerprint density at radius 3 is 2.18 bits per heavy atom. The summed E-state index contributed by atoms with van der Waals surface area (Å²) in [6.07, 6.45) is 0.675. The first-order valence-corrected chi connectivity index (χ1v) is 12.1. The highest BCUT2D eigenvalue weighted by molar-refractivity contribution is 7.89. The molecule has 33 heavy (non-hydrogen) atoms. The summed E-state index contributed by atoms with van der Waals surface area (Å²) >= 11 is 0. The highest BCUT2D eigenvalue weighted by atomic mass is 32.2. The van der Waals surface area contributed by atoms with Crippen LogP contribution >= 0.6 is 0 Å². The van der Waals surface area contributed by atoms with Crippen molar-refractivity contribution in [2.45, 2.75) is 17.9 Å². The van der Waals surface area contributed by atoms with Gasteiger partial charge in [0.05, 0.1) is 24.0 Å². The molecule has 0 aliphatic carbocycles. The molecular weight excluding hydrogens is 448 g/mol. The summed E-state index contributed by atoms with van der Waals surface area (Å²) < 4.78 is 38.4. The number of benzene rings is 2. The number of nitrogens with zero attached hydrogens (tertiary/aromatic N) is 4. The van der Waals surface area contributed by atoms with E-state index in [1.807, 2.05) is 24.1 Å². The number of rotatable bonds is 6. The van der Waals surface area contributed by atoms with E-state index in [0.29, 0.717) is 62.9 Å². The number of ether oxygens (including phenoxy) is 2. The largest absolute Gasteiger partial charge is 0.493 e. The third-order valence-electron chi connectivity index (χ3n) is 6.30. The second kappa shape index (κ2) is 9.16. The van der Waals surface area contributed by atoms with Crippen molar-refractivity contribution in [1.82, 2.24) is 9.21 Å². The number of anilines is 1. The average molecular weight is 477 g/mol. The molecule has 4 rings (SSSR count). The fourth-order valence-electron chi connectivity index (χ4n) is 4.34. The van der Waals surface area contributed by atoms with E-state index in [9.17, 15) is 18.5 Å². The zero-order chi connectivity index (χ0) is 23.8. The molecule has 0 radical (unpaired) electrons. The third-order valence-corrected chi connectivity index (χ3v) is 8.20. The summed E-state index contributed by atoms with van der Waals surface area (Å²) in [5.41, 5.74) is 2.27. The smallest absolute Gasteiger partial charge is 0.293 e. The standard InChI is InChI=1S/C22H28N4O6S/c1-23-8-10-25(11-9-23)33(29,30)18-4-5-19(20(14-18)26(27)28)24-7-6-16-12-21(31-2)22(32-3)13-17(16)15-24/h4-5,12-14H,6-11,15H2,1-3H3. The molecule has 0 spiro atoms. The van der Waals surface area contributed by atoms with Crippen LogP contribution in [-0.2, 0) is 23.0 Å². The van der Waals surface area contributed by atoms with E-state index in [-0.39, 0.29) is 10.6 Å². The molecule has 0 saturated carbocycles. The van der Waals surface area contributed by atoms with Gasteiger partial charge in [-0.2, -0.15) is 4.31 Å². The van der Waals surface area contributed by atoms with E-state index >= 15 is 0 Å². The predicted octanol–water partition coefficient (Wildman–Crippen LogP) is 2.11. The molecule has 2 aromatic carbocycles. The van der Waals surface area contributed by atoms with Crippen molar-refractivity contribution in [2.75, 3.05) is 58.9 Å². The highest BCUT2D eigenvalue weighted by Crippen LogP contribution is 2.38. The van der Waals surface area contributed by atoms with Crippen LogP contribution in [0.4, 0.5) is 11.4 Å². The van der Waals surface area contributed by atoms with Gasteiger partial charge in [0.2, 0.25) is 10.0 Å². The molecule has 10 nitrogen and oxygen atoms in total. The zero-order valence-corrected chi connectivity index (χ0v) is 19.8. The number of methoxy groups -OCH3 is 2. The zero-order valence-electron chi connectivity index (χ0n) is 19.0. The first-order chi connectivity index (χ1) is 15.7. The van der Waals surface area contributed by atoms with Gasteiger partial charge in [0.15, 0.2) is 11.5 Å². The van der Waals surface area contributed by atoms with Crippen molar-refractivity contribution in [3.63, 3.8) is 0 Å². The Bertz CT molecular complexity index is 1160. The van der Waals surface area contributed by atoms with Crippen molar-refractivity contribution in [1.29, 1.82) is 0 Å². The second-order valence-electron chi connectivity index (χ2n) is 8.26. The number of piperazine rings is 1. The lowest BCUT2D eigenvalue weighted by Crippen LogP contribution is -2.47. The Labute approximate surface area is 193 Å². The SMILES string of the molecule is COc1cc2c(cc1OC)CN(c1ccc(S(=O)(=O)N3CCN(C)CC3)cc1[N+](=O)[O-])CC2. The van der Waals surface area contributed by atoms with Gasteiger partial charge in [0.1, 0.15) is 5.69 Å². The van der Waals surface area contributed by atoms with Crippen molar-refractivity contribution in [3.8, 4) is 11.5 Å². The van der Waals surface area contributed by atoms with Gasteiger partial charge in [-0.25, -0.2) is 8.42 Å². The molecule has 1 fully saturated rings. The summed E-state index contributed by atoms with van der Waals surface area (Å²) in [6.45, 7) is 2.99. The first-order valence-electron chi connectivity index (χ1n) is 10.7. The van der Waals surface area contributed by atoms with E-state index in [1.165, 1.54) is 16.4 Å². The molecule has 2 aliphatic heterocycles. The molecule has 0 bridgehead atoms. The van der Waals surface area contributed by atoms with E-state index in [0.717, 1.165) is 11.1 Å². The number of hydrogen-bond acceptors (Lipinski definition) is 8. The molecule has 0 aromatic heterocycles. The van der Waals surface area contributed by atoms with E-state index in [1.54, 1.807) is 20.3 Å². The van der Waals surface area contributed by atoms with E-state index < -0.39 is 14.9 Å². The monoisotopic (exact) mass is 476 g/mol. The van der Waals surface area contributed by atoms with Crippen LogP contribution in [0.1, 0.15) is 11.1 Å². The van der Waals surface area contributed by atoms with Crippen LogP contribution in [0.3, 0.4) is 0 Å². The van der Waals surface area contributed by atoms with Gasteiger partial charge in [0.25, 0.3) is 5.69 Å². The topological polar surface area (TPSA) is 105 Å². The number of hydrogen-bond donors (Lipinski definition) is 0. The Morgan fingerprint density at radius 1 is 0.939 bits per heavy atom. The molecule has 1 saturated heterocycles. The molecule has 11 heteroatoms. The third kappa shape index (κ3) is 4.48. The number of nitro groups is 1. The molecule has 2 aromatic rings. The van der Waals surface area contributed by atoms with Gasteiger partial charge < -0.3 is 19.3 Å². The van der Waals surface area contributed by atoms with Crippen molar-refractivity contribution < 1.29 is 22.8 Å². The van der Waals surface area contributed by atoms with Crippen molar-refractivity contribution in [2.24, 2.45) is 0 Å². The average Bonchev–Trinajstić information content (AvgIpc) is 2.82. The lowest BCUT2D eigenvalue weighted by Gasteiger charge is -2.32. The van der Waals surface area contributed by atoms with Crippen LogP contribution in [0.15, 0.2) is 35.2 Å². The molecule has 0 unspecified atom stereocenters. The van der Waals surface area contributed by atoms with Crippen LogP contribution in [0.25, 0.3) is 0 Å². The summed E-state index contributed by atoms with van der Waals surface area (Å²) in [5.74, 6) is 1.25. The fourth-order valence-corrected chi connectivity index (χ4v) is 5.79. The molecule has 0 atom stereocenters. The summed E-state index contributed by atoms with van der Waals surface area (Å²) in [6, 6.07) is 8.03. The normalized spacial score (nSPS) is 17.5. The van der Waals surface area contributed by atoms with Crippen LogP contribution < -0.4 is 14.4 Å². The summed E-state index contributed by atoms with van der Waals surface area (Å²) in [7, 11) is 1.28. The van der Waals surface area contributed by atoms with Crippen LogP contribution in [0.5, 0.6) is 11.5 Å². The van der Waals surface area contributed by atoms with Gasteiger partial charge in [-0.3, -0.25) is 10.1 Å². The first kappa shape index (κ1) is 23.3. The van der Waals surface area contributed by atoms with Gasteiger partial charge >= 0.3 is 0 Å². The fraction of sp³-hybridized carbons (Fsp3) is 0.455.